The van der Waals surface area contributed by atoms with Gasteiger partial charge in [-0.25, -0.2) is 0 Å². The Morgan fingerprint density at radius 1 is 1.44 bits per heavy atom. The molecule has 1 amide bonds. The van der Waals surface area contributed by atoms with Crippen LogP contribution in [0.25, 0.3) is 0 Å². The zero-order chi connectivity index (χ0) is 13.1. The molecule has 18 heavy (non-hydrogen) atoms. The van der Waals surface area contributed by atoms with Crippen molar-refractivity contribution in [3.8, 4) is 0 Å². The van der Waals surface area contributed by atoms with Crippen LogP contribution < -0.4 is 11.1 Å². The largest absolute Gasteiger partial charge is 0.398 e. The number of benzene rings is 1. The van der Waals surface area contributed by atoms with Crippen molar-refractivity contribution in [2.24, 2.45) is 0 Å². The third-order valence-corrected chi connectivity index (χ3v) is 4.25. The van der Waals surface area contributed by atoms with E-state index in [0.29, 0.717) is 15.7 Å². The monoisotopic (exact) mass is 324 g/mol. The molecule has 5 heteroatoms. The summed E-state index contributed by atoms with van der Waals surface area (Å²) in [6.07, 6.45) is 0. The van der Waals surface area contributed by atoms with Crippen molar-refractivity contribution in [3.63, 3.8) is 0 Å². The van der Waals surface area contributed by atoms with Crippen LogP contribution in [0.4, 0.5) is 5.69 Å². The van der Waals surface area contributed by atoms with Crippen molar-refractivity contribution in [3.05, 3.63) is 50.6 Å². The molecule has 0 fully saturated rings. The topological polar surface area (TPSA) is 55.1 Å². The summed E-state index contributed by atoms with van der Waals surface area (Å²) >= 11 is 4.95. The third kappa shape index (κ3) is 2.73. The Morgan fingerprint density at radius 3 is 2.89 bits per heavy atom. The minimum atomic E-state index is -0.132. The molecule has 94 valence electrons. The second kappa shape index (κ2) is 5.54. The fraction of sp³-hybridized carbons (Fsp3) is 0.154. The zero-order valence-electron chi connectivity index (χ0n) is 9.81. The lowest BCUT2D eigenvalue weighted by Gasteiger charge is -2.14. The van der Waals surface area contributed by atoms with Crippen LogP contribution in [-0.4, -0.2) is 5.91 Å². The van der Waals surface area contributed by atoms with Crippen LogP contribution in [0, 0.1) is 0 Å². The van der Waals surface area contributed by atoms with Crippen molar-refractivity contribution < 1.29 is 4.79 Å². The van der Waals surface area contributed by atoms with E-state index in [4.69, 9.17) is 5.73 Å². The molecule has 2 aromatic rings. The van der Waals surface area contributed by atoms with Crippen LogP contribution in [0.5, 0.6) is 0 Å². The quantitative estimate of drug-likeness (QED) is 0.848. The molecule has 0 saturated heterocycles. The Bertz CT molecular complexity index is 554. The Labute approximate surface area is 118 Å². The van der Waals surface area contributed by atoms with E-state index >= 15 is 0 Å². The predicted molar refractivity (Wildman–Crippen MR) is 78.8 cm³/mol. The van der Waals surface area contributed by atoms with Crippen LogP contribution in [0.3, 0.4) is 0 Å². The summed E-state index contributed by atoms with van der Waals surface area (Å²) in [5, 5.41) is 6.97. The van der Waals surface area contributed by atoms with Crippen molar-refractivity contribution >= 4 is 38.9 Å². The smallest absolute Gasteiger partial charge is 0.252 e. The lowest BCUT2D eigenvalue weighted by atomic mass is 10.1. The predicted octanol–water partition coefficient (Wildman–Crippen LogP) is 3.58. The SMILES string of the molecule is CC(NC(=O)c1cccc(N)c1Br)c1ccsc1. The highest BCUT2D eigenvalue weighted by molar-refractivity contribution is 9.10. The Morgan fingerprint density at radius 2 is 2.22 bits per heavy atom. The Balaban J connectivity index is 2.15. The first-order valence-electron chi connectivity index (χ1n) is 5.46. The number of thiophene rings is 1. The maximum Gasteiger partial charge on any atom is 0.252 e. The van der Waals surface area contributed by atoms with Crippen LogP contribution in [-0.2, 0) is 0 Å². The van der Waals surface area contributed by atoms with Gasteiger partial charge in [-0.1, -0.05) is 6.07 Å². The van der Waals surface area contributed by atoms with Gasteiger partial charge in [0.25, 0.3) is 5.91 Å². The standard InChI is InChI=1S/C13H13BrN2OS/c1-8(9-5-6-18-7-9)16-13(17)10-3-2-4-11(15)12(10)14/h2-8H,15H2,1H3,(H,16,17). The van der Waals surface area contributed by atoms with Gasteiger partial charge < -0.3 is 11.1 Å². The van der Waals surface area contributed by atoms with E-state index in [1.165, 1.54) is 0 Å². The molecule has 1 atom stereocenters. The first-order valence-corrected chi connectivity index (χ1v) is 7.20. The molecular weight excluding hydrogens is 312 g/mol. The number of carbonyl (C=O) groups excluding carboxylic acids is 1. The summed E-state index contributed by atoms with van der Waals surface area (Å²) in [4.78, 5) is 12.1. The molecular formula is C13H13BrN2OS. The van der Waals surface area contributed by atoms with Gasteiger partial charge in [0.1, 0.15) is 0 Å². The van der Waals surface area contributed by atoms with Crippen molar-refractivity contribution in [1.82, 2.24) is 5.32 Å². The number of hydrogen-bond acceptors (Lipinski definition) is 3. The highest BCUT2D eigenvalue weighted by Gasteiger charge is 2.15. The molecule has 3 nitrogen and oxygen atoms in total. The molecule has 0 saturated carbocycles. The van der Waals surface area contributed by atoms with Crippen LogP contribution in [0.1, 0.15) is 28.9 Å². The van der Waals surface area contributed by atoms with Gasteiger partial charge in [-0.15, -0.1) is 0 Å². The number of nitrogen functional groups attached to an aromatic ring is 1. The van der Waals surface area contributed by atoms with E-state index < -0.39 is 0 Å². The summed E-state index contributed by atoms with van der Waals surface area (Å²) in [6, 6.07) is 7.25. The minimum Gasteiger partial charge on any atom is -0.398 e. The van der Waals surface area contributed by atoms with Gasteiger partial charge in [-0.05, 0) is 57.4 Å². The number of carbonyl (C=O) groups is 1. The lowest BCUT2D eigenvalue weighted by Crippen LogP contribution is -2.26. The van der Waals surface area contributed by atoms with Gasteiger partial charge in [-0.2, -0.15) is 11.3 Å². The van der Waals surface area contributed by atoms with E-state index in [2.05, 4.69) is 21.2 Å². The number of anilines is 1. The number of halogens is 1. The Hall–Kier alpha value is -1.33. The number of nitrogens with two attached hydrogens (primary N) is 1. The fourth-order valence-corrected chi connectivity index (χ4v) is 2.80. The maximum atomic E-state index is 12.1. The molecule has 2 rings (SSSR count). The summed E-state index contributed by atoms with van der Waals surface area (Å²) < 4.78 is 0.639. The maximum absolute atomic E-state index is 12.1. The summed E-state index contributed by atoms with van der Waals surface area (Å²) in [6.45, 7) is 1.96. The molecule has 3 N–H and O–H groups in total. The molecule has 0 bridgehead atoms. The second-order valence-electron chi connectivity index (χ2n) is 3.96. The normalized spacial score (nSPS) is 12.1. The molecule has 1 aromatic heterocycles. The molecule has 0 aliphatic carbocycles. The molecule has 1 heterocycles. The molecule has 1 unspecified atom stereocenters. The van der Waals surface area contributed by atoms with Crippen LogP contribution in [0.15, 0.2) is 39.5 Å². The first-order chi connectivity index (χ1) is 8.59. The highest BCUT2D eigenvalue weighted by atomic mass is 79.9. The average molecular weight is 325 g/mol. The van der Waals surface area contributed by atoms with Gasteiger partial charge in [0.15, 0.2) is 0 Å². The van der Waals surface area contributed by atoms with E-state index in [-0.39, 0.29) is 11.9 Å². The van der Waals surface area contributed by atoms with Gasteiger partial charge in [0.2, 0.25) is 0 Å². The molecule has 0 aliphatic rings. The summed E-state index contributed by atoms with van der Waals surface area (Å²) in [7, 11) is 0. The van der Waals surface area contributed by atoms with E-state index in [0.717, 1.165) is 5.56 Å². The van der Waals surface area contributed by atoms with Gasteiger partial charge in [-0.3, -0.25) is 4.79 Å². The highest BCUT2D eigenvalue weighted by Crippen LogP contribution is 2.24. The average Bonchev–Trinajstić information content (AvgIpc) is 2.86. The third-order valence-electron chi connectivity index (χ3n) is 2.66. The second-order valence-corrected chi connectivity index (χ2v) is 5.53. The van der Waals surface area contributed by atoms with Crippen LogP contribution >= 0.6 is 27.3 Å². The zero-order valence-corrected chi connectivity index (χ0v) is 12.2. The molecule has 0 radical (unpaired) electrons. The Kier molecular flexibility index (Phi) is 4.04. The lowest BCUT2D eigenvalue weighted by molar-refractivity contribution is 0.0939. The van der Waals surface area contributed by atoms with E-state index in [9.17, 15) is 4.79 Å². The van der Waals surface area contributed by atoms with Crippen molar-refractivity contribution in [2.75, 3.05) is 5.73 Å². The summed E-state index contributed by atoms with van der Waals surface area (Å²) in [5.74, 6) is -0.132. The van der Waals surface area contributed by atoms with Gasteiger partial charge >= 0.3 is 0 Å². The number of rotatable bonds is 3. The first kappa shape index (κ1) is 13.1. The van der Waals surface area contributed by atoms with Crippen molar-refractivity contribution in [2.45, 2.75) is 13.0 Å². The van der Waals surface area contributed by atoms with Crippen LogP contribution in [0.2, 0.25) is 0 Å². The molecule has 0 spiro atoms. The number of nitrogens with one attached hydrogen (secondary N) is 1. The van der Waals surface area contributed by atoms with Gasteiger partial charge in [0, 0.05) is 5.69 Å². The van der Waals surface area contributed by atoms with Gasteiger partial charge in [0.05, 0.1) is 16.1 Å². The molecule has 0 aliphatic heterocycles. The molecule has 1 aromatic carbocycles. The minimum absolute atomic E-state index is 0.0166. The number of amides is 1. The summed E-state index contributed by atoms with van der Waals surface area (Å²) in [5.41, 5.74) is 7.98. The van der Waals surface area contributed by atoms with Crippen molar-refractivity contribution in [1.29, 1.82) is 0 Å². The van der Waals surface area contributed by atoms with E-state index in [1.807, 2.05) is 23.8 Å². The van der Waals surface area contributed by atoms with E-state index in [1.54, 1.807) is 29.5 Å². The number of hydrogen-bond donors (Lipinski definition) is 2. The fourth-order valence-electron chi connectivity index (χ4n) is 1.60.